The van der Waals surface area contributed by atoms with Crippen LogP contribution in [-0.2, 0) is 16.4 Å². The van der Waals surface area contributed by atoms with Crippen LogP contribution in [0.3, 0.4) is 0 Å². The lowest BCUT2D eigenvalue weighted by molar-refractivity contribution is 0.104. The van der Waals surface area contributed by atoms with Crippen molar-refractivity contribution in [1.82, 2.24) is 10.2 Å². The summed E-state index contributed by atoms with van der Waals surface area (Å²) in [6.45, 7) is 1.92. The van der Waals surface area contributed by atoms with Gasteiger partial charge in [0.15, 0.2) is 17.3 Å². The van der Waals surface area contributed by atoms with E-state index in [0.29, 0.717) is 29.2 Å². The molecule has 0 aliphatic rings. The van der Waals surface area contributed by atoms with Crippen molar-refractivity contribution in [2.45, 2.75) is 18.2 Å². The van der Waals surface area contributed by atoms with Crippen LogP contribution in [0.15, 0.2) is 59.6 Å². The largest absolute Gasteiger partial charge is 0.493 e. The number of aryl methyl sites for hydroxylation is 1. The summed E-state index contributed by atoms with van der Waals surface area (Å²) in [5.41, 5.74) is 1.06. The molecule has 11 heteroatoms. The van der Waals surface area contributed by atoms with Crippen LogP contribution in [0.4, 0.5) is 10.8 Å². The number of carbonyl (C=O) groups excluding carboxylic acids is 1. The minimum atomic E-state index is -3.77. The average molecular weight is 475 g/mol. The molecule has 0 fully saturated rings. The number of methoxy groups -OCH3 is 2. The quantitative estimate of drug-likeness (QED) is 0.337. The predicted molar refractivity (Wildman–Crippen MR) is 123 cm³/mol. The summed E-state index contributed by atoms with van der Waals surface area (Å²) in [6.07, 6.45) is 3.53. The number of allylic oxidation sites excluding steroid dienone is 1. The fourth-order valence-electron chi connectivity index (χ4n) is 2.64. The second kappa shape index (κ2) is 10.2. The Morgan fingerprint density at radius 3 is 2.41 bits per heavy atom. The van der Waals surface area contributed by atoms with Crippen molar-refractivity contribution in [3.8, 4) is 11.5 Å². The van der Waals surface area contributed by atoms with Gasteiger partial charge < -0.3 is 14.8 Å². The lowest BCUT2D eigenvalue weighted by Crippen LogP contribution is -2.12. The number of ether oxygens (including phenoxy) is 2. The van der Waals surface area contributed by atoms with Gasteiger partial charge in [-0.15, -0.1) is 10.2 Å². The smallest absolute Gasteiger partial charge is 0.263 e. The maximum atomic E-state index is 12.5. The summed E-state index contributed by atoms with van der Waals surface area (Å²) in [5, 5.41) is 11.6. The molecule has 168 valence electrons. The number of hydrogen-bond donors (Lipinski definition) is 2. The zero-order valence-corrected chi connectivity index (χ0v) is 19.3. The van der Waals surface area contributed by atoms with Crippen molar-refractivity contribution < 1.29 is 22.7 Å². The monoisotopic (exact) mass is 474 g/mol. The number of aromatic nitrogens is 2. The second-order valence-electron chi connectivity index (χ2n) is 6.40. The Bertz CT molecular complexity index is 1220. The van der Waals surface area contributed by atoms with Crippen LogP contribution >= 0.6 is 11.3 Å². The molecule has 0 unspecified atom stereocenters. The van der Waals surface area contributed by atoms with Crippen molar-refractivity contribution in [2.24, 2.45) is 0 Å². The highest BCUT2D eigenvalue weighted by atomic mass is 32.2. The first-order valence-corrected chi connectivity index (χ1v) is 11.8. The number of rotatable bonds is 10. The highest BCUT2D eigenvalue weighted by Gasteiger charge is 2.16. The number of sulfonamides is 1. The minimum Gasteiger partial charge on any atom is -0.493 e. The summed E-state index contributed by atoms with van der Waals surface area (Å²) in [6, 6.07) is 11.0. The van der Waals surface area contributed by atoms with Crippen LogP contribution in [-0.4, -0.2) is 38.6 Å². The molecule has 1 heterocycles. The number of benzene rings is 2. The number of nitrogens with one attached hydrogen (secondary N) is 2. The molecule has 2 aromatic carbocycles. The molecule has 3 aromatic rings. The fourth-order valence-corrected chi connectivity index (χ4v) is 4.55. The number of hydrogen-bond acceptors (Lipinski definition) is 9. The lowest BCUT2D eigenvalue weighted by atomic mass is 10.1. The third kappa shape index (κ3) is 5.62. The number of carbonyl (C=O) groups is 1. The zero-order chi connectivity index (χ0) is 23.1. The Morgan fingerprint density at radius 2 is 1.78 bits per heavy atom. The predicted octanol–water partition coefficient (Wildman–Crippen LogP) is 3.73. The number of nitrogens with zero attached hydrogens (tertiary/aromatic N) is 2. The van der Waals surface area contributed by atoms with Gasteiger partial charge in [0.2, 0.25) is 5.13 Å². The summed E-state index contributed by atoms with van der Waals surface area (Å²) >= 11 is 1.19. The van der Waals surface area contributed by atoms with E-state index in [1.54, 1.807) is 30.3 Å². The lowest BCUT2D eigenvalue weighted by Gasteiger charge is -2.08. The molecule has 1 aromatic heterocycles. The first-order valence-electron chi connectivity index (χ1n) is 9.51. The molecular weight excluding hydrogens is 452 g/mol. The molecule has 0 atom stereocenters. The Hall–Kier alpha value is -3.44. The molecule has 9 nitrogen and oxygen atoms in total. The molecule has 32 heavy (non-hydrogen) atoms. The Morgan fingerprint density at radius 1 is 1.06 bits per heavy atom. The van der Waals surface area contributed by atoms with E-state index in [9.17, 15) is 13.2 Å². The van der Waals surface area contributed by atoms with Crippen LogP contribution < -0.4 is 19.5 Å². The fraction of sp³-hybridized carbons (Fsp3) is 0.190. The third-order valence-electron chi connectivity index (χ3n) is 4.31. The molecule has 0 aliphatic carbocycles. The number of ketones is 1. The van der Waals surface area contributed by atoms with E-state index in [4.69, 9.17) is 9.47 Å². The van der Waals surface area contributed by atoms with Gasteiger partial charge in [-0.2, -0.15) is 0 Å². The van der Waals surface area contributed by atoms with E-state index >= 15 is 0 Å². The maximum absolute atomic E-state index is 12.5. The molecule has 0 saturated carbocycles. The molecule has 2 N–H and O–H groups in total. The van der Waals surface area contributed by atoms with Crippen molar-refractivity contribution in [3.05, 3.63) is 65.3 Å². The van der Waals surface area contributed by atoms with Gasteiger partial charge in [0.25, 0.3) is 10.0 Å². The van der Waals surface area contributed by atoms with Gasteiger partial charge >= 0.3 is 0 Å². The average Bonchev–Trinajstić information content (AvgIpc) is 3.25. The minimum absolute atomic E-state index is 0.0849. The van der Waals surface area contributed by atoms with Crippen LogP contribution in [0.25, 0.3) is 0 Å². The summed E-state index contributed by atoms with van der Waals surface area (Å²) in [5.74, 6) is 0.766. The van der Waals surface area contributed by atoms with E-state index in [2.05, 4.69) is 20.2 Å². The summed E-state index contributed by atoms with van der Waals surface area (Å²) < 4.78 is 37.8. The number of anilines is 2. The topological polar surface area (TPSA) is 120 Å². The molecule has 0 spiro atoms. The third-order valence-corrected chi connectivity index (χ3v) is 6.78. The first kappa shape index (κ1) is 23.2. The van der Waals surface area contributed by atoms with E-state index in [1.165, 1.54) is 50.0 Å². The normalized spacial score (nSPS) is 11.3. The molecule has 3 rings (SSSR count). The molecule has 0 bridgehead atoms. The summed E-state index contributed by atoms with van der Waals surface area (Å²) in [4.78, 5) is 12.4. The van der Waals surface area contributed by atoms with Crippen molar-refractivity contribution in [1.29, 1.82) is 0 Å². The van der Waals surface area contributed by atoms with Gasteiger partial charge in [-0.1, -0.05) is 18.3 Å². The van der Waals surface area contributed by atoms with Gasteiger partial charge in [0.1, 0.15) is 5.01 Å². The molecule has 0 saturated heterocycles. The van der Waals surface area contributed by atoms with Crippen LogP contribution in [0, 0.1) is 0 Å². The molecule has 0 amide bonds. The first-order chi connectivity index (χ1) is 15.4. The Kier molecular flexibility index (Phi) is 7.44. The molecule has 0 aliphatic heterocycles. The maximum Gasteiger partial charge on any atom is 0.263 e. The van der Waals surface area contributed by atoms with Gasteiger partial charge in [0, 0.05) is 23.5 Å². The van der Waals surface area contributed by atoms with Gasteiger partial charge in [-0.05, 0) is 48.9 Å². The SMILES string of the molecule is CCc1nnc(NS(=O)(=O)c2ccc(N/C=C/C(=O)c3ccc(OC)c(OC)c3)cc2)s1. The Balaban J connectivity index is 1.63. The van der Waals surface area contributed by atoms with E-state index < -0.39 is 10.0 Å². The Labute approximate surface area is 190 Å². The van der Waals surface area contributed by atoms with E-state index in [0.717, 1.165) is 5.01 Å². The van der Waals surface area contributed by atoms with Gasteiger partial charge in [-0.3, -0.25) is 9.52 Å². The van der Waals surface area contributed by atoms with Crippen LogP contribution in [0.5, 0.6) is 11.5 Å². The van der Waals surface area contributed by atoms with Gasteiger partial charge in [0.05, 0.1) is 19.1 Å². The highest BCUT2D eigenvalue weighted by Crippen LogP contribution is 2.28. The summed E-state index contributed by atoms with van der Waals surface area (Å²) in [7, 11) is -0.750. The van der Waals surface area contributed by atoms with Crippen LogP contribution in [0.1, 0.15) is 22.3 Å². The van der Waals surface area contributed by atoms with E-state index in [-0.39, 0.29) is 15.8 Å². The second-order valence-corrected chi connectivity index (χ2v) is 9.14. The highest BCUT2D eigenvalue weighted by molar-refractivity contribution is 7.93. The zero-order valence-electron chi connectivity index (χ0n) is 17.7. The van der Waals surface area contributed by atoms with E-state index in [1.807, 2.05) is 6.92 Å². The van der Waals surface area contributed by atoms with Crippen LogP contribution in [0.2, 0.25) is 0 Å². The molecular formula is C21H22N4O5S2. The van der Waals surface area contributed by atoms with Crippen molar-refractivity contribution in [3.63, 3.8) is 0 Å². The van der Waals surface area contributed by atoms with Crippen molar-refractivity contribution >= 4 is 38.0 Å². The molecule has 0 radical (unpaired) electrons. The van der Waals surface area contributed by atoms with Gasteiger partial charge in [-0.25, -0.2) is 8.42 Å². The standard InChI is InChI=1S/C21H22N4O5S2/c1-4-20-23-24-21(31-20)25-32(27,28)16-8-6-15(7-9-16)22-12-11-17(26)14-5-10-18(29-2)19(13-14)30-3/h5-13,22H,4H2,1-3H3,(H,24,25)/b12-11+. The van der Waals surface area contributed by atoms with Crippen molar-refractivity contribution in [2.75, 3.05) is 24.3 Å².